The Kier molecular flexibility index (Phi) is 13.0. The monoisotopic (exact) mass is 1330 g/mol. The Morgan fingerprint density at radius 1 is 0.226 bits per heavy atom. The van der Waals surface area contributed by atoms with Crippen LogP contribution in [0, 0.1) is 69.8 Å². The minimum absolute atomic E-state index is 0. The van der Waals surface area contributed by atoms with Gasteiger partial charge in [0.1, 0.15) is 23.3 Å². The van der Waals surface area contributed by atoms with Crippen LogP contribution >= 0.6 is 0 Å². The van der Waals surface area contributed by atoms with Crippen LogP contribution < -0.4 is 9.97 Å². The molecule has 0 saturated heterocycles. The van der Waals surface area contributed by atoms with Crippen molar-refractivity contribution in [2.75, 3.05) is 0 Å². The summed E-state index contributed by atoms with van der Waals surface area (Å²) >= 11 is 0. The van der Waals surface area contributed by atoms with Gasteiger partial charge in [0.15, 0.2) is 46.5 Å². The molecule has 0 radical (unpaired) electrons. The van der Waals surface area contributed by atoms with Gasteiger partial charge in [-0.25, -0.2) is 62.7 Å². The standard InChI is InChI=1S/C76H32F12N4.Pd/c77-41-25-53(65(85)57(81)29-41)61-69-45-17-33-9-1-2-10-34(33)18-46(45)70(89-69)62(54-26-42(78)30-58(82)66(54)86)72-49-21-37-13-5-6-14-38(37)22-50(49)74(91-72)64(56-28-44(80)32-60(84)68(56)88)76-52-24-40-16-8-7-15-39(40)23-51(52)75(92-76)63(55-27-43(79)31-59(83)67(55)87)73-48-20-36-12-4-3-11-35(36)19-47(48)71(61)90-73;/h1-32H;/q-2;+2. The van der Waals surface area contributed by atoms with Crippen LogP contribution in [0.4, 0.5) is 52.7 Å². The number of halogens is 12. The van der Waals surface area contributed by atoms with E-state index in [-0.39, 0.29) is 109 Å². The van der Waals surface area contributed by atoms with Crippen LogP contribution in [-0.2, 0) is 20.4 Å². The predicted molar refractivity (Wildman–Crippen MR) is 334 cm³/mol. The maximum Gasteiger partial charge on any atom is 2.00 e. The van der Waals surface area contributed by atoms with Crippen molar-refractivity contribution in [3.8, 4) is 89.5 Å². The molecule has 450 valence electrons. The molecule has 12 aromatic carbocycles. The van der Waals surface area contributed by atoms with E-state index >= 15 is 52.7 Å². The van der Waals surface area contributed by atoms with E-state index in [9.17, 15) is 0 Å². The van der Waals surface area contributed by atoms with Crippen molar-refractivity contribution >= 4 is 86.7 Å². The van der Waals surface area contributed by atoms with E-state index in [4.69, 9.17) is 19.9 Å². The van der Waals surface area contributed by atoms with Gasteiger partial charge in [0.25, 0.3) is 0 Å². The van der Waals surface area contributed by atoms with Crippen LogP contribution in [0.15, 0.2) is 194 Å². The quantitative estimate of drug-likeness (QED) is 0.100. The third-order valence-corrected chi connectivity index (χ3v) is 17.4. The summed E-state index contributed by atoms with van der Waals surface area (Å²) in [6.45, 7) is 0. The Bertz CT molecular complexity index is 5350. The fourth-order valence-electron chi connectivity index (χ4n) is 13.4. The van der Waals surface area contributed by atoms with Crippen molar-refractivity contribution in [1.82, 2.24) is 19.9 Å². The molecular weight excluding hydrogens is 1300 g/mol. The SMILES string of the molecule is Fc1cc(F)c(F)c(-c2c3nc(c(-c4cc(F)cc(F)c4F)c4[n-]c(c(-c5cc(F)cc(F)c5F)c5nc(c(-c6cc(F)cc(F)c6F)c6[n-]c2c2cc7ccccc7cc62)-c2cc6ccccc6cc2-5)c2cc5ccccc5cc42)-c2cc4ccccc4cc2-3)c1.[Pd+2]. The molecule has 1 aliphatic carbocycles. The van der Waals surface area contributed by atoms with Gasteiger partial charge in [-0.3, -0.25) is 0 Å². The fraction of sp³-hybridized carbons (Fsp3) is 0. The summed E-state index contributed by atoms with van der Waals surface area (Å²) in [5.41, 5.74) is -7.45. The number of hydrogen-bond donors (Lipinski definition) is 0. The molecule has 0 fully saturated rings. The van der Waals surface area contributed by atoms with E-state index in [2.05, 4.69) is 0 Å². The van der Waals surface area contributed by atoms with E-state index in [0.29, 0.717) is 91.6 Å². The van der Waals surface area contributed by atoms with Crippen LogP contribution in [0.2, 0.25) is 0 Å². The summed E-state index contributed by atoms with van der Waals surface area (Å²) in [5, 5.41) is 4.17. The molecule has 0 saturated carbocycles. The van der Waals surface area contributed by atoms with Crippen LogP contribution in [-0.4, -0.2) is 9.97 Å². The average Bonchev–Trinajstić information content (AvgIpc) is 1.58. The molecule has 0 atom stereocenters. The zero-order valence-electron chi connectivity index (χ0n) is 47.1. The van der Waals surface area contributed by atoms with Crippen molar-refractivity contribution in [2.45, 2.75) is 0 Å². The zero-order chi connectivity index (χ0) is 62.9. The van der Waals surface area contributed by atoms with Crippen LogP contribution in [0.5, 0.6) is 0 Å². The number of aromatic nitrogens is 4. The molecule has 17 heteroatoms. The normalized spacial score (nSPS) is 12.0. The van der Waals surface area contributed by atoms with Crippen molar-refractivity contribution in [3.63, 3.8) is 0 Å². The summed E-state index contributed by atoms with van der Waals surface area (Å²) in [6, 6.07) is 44.3. The molecule has 17 rings (SSSR count). The van der Waals surface area contributed by atoms with Gasteiger partial charge in [-0.15, -0.1) is 22.1 Å². The molecule has 0 unspecified atom stereocenters. The molecule has 3 aliphatic rings. The maximum absolute atomic E-state index is 17.6. The molecule has 4 heterocycles. The zero-order valence-corrected chi connectivity index (χ0v) is 48.7. The summed E-state index contributed by atoms with van der Waals surface area (Å²) in [5.74, 6) is -18.3. The van der Waals surface area contributed by atoms with Gasteiger partial charge >= 0.3 is 20.4 Å². The largest absolute Gasteiger partial charge is 2.00 e. The number of rotatable bonds is 4. The fourth-order valence-corrected chi connectivity index (χ4v) is 13.4. The Morgan fingerprint density at radius 3 is 0.624 bits per heavy atom. The van der Waals surface area contributed by atoms with E-state index in [1.807, 2.05) is 0 Å². The summed E-state index contributed by atoms with van der Waals surface area (Å²) < 4.78 is 202. The third-order valence-electron chi connectivity index (χ3n) is 17.4. The molecule has 0 N–H and O–H groups in total. The Balaban J connectivity index is 0.00000686. The van der Waals surface area contributed by atoms with Crippen molar-refractivity contribution in [2.24, 2.45) is 0 Å². The summed E-state index contributed by atoms with van der Waals surface area (Å²) in [6.07, 6.45) is 0. The first kappa shape index (κ1) is 57.3. The van der Waals surface area contributed by atoms with Crippen molar-refractivity contribution in [1.29, 1.82) is 0 Å². The first-order chi connectivity index (χ1) is 44.5. The second-order valence-corrected chi connectivity index (χ2v) is 22.7. The second kappa shape index (κ2) is 21.1. The molecule has 8 bridgehead atoms. The smallest absolute Gasteiger partial charge is 0.656 e. The molecular formula is C76H32F12N4Pd. The Morgan fingerprint density at radius 2 is 0.419 bits per heavy atom. The van der Waals surface area contributed by atoms with E-state index in [1.54, 1.807) is 146 Å². The number of benzene rings is 12. The first-order valence-corrected chi connectivity index (χ1v) is 28.6. The van der Waals surface area contributed by atoms with Gasteiger partial charge in [0, 0.05) is 68.8 Å². The minimum atomic E-state index is -1.67. The maximum atomic E-state index is 17.6. The molecule has 0 amide bonds. The Labute approximate surface area is 530 Å². The van der Waals surface area contributed by atoms with Gasteiger partial charge < -0.3 is 9.97 Å². The van der Waals surface area contributed by atoms with Gasteiger partial charge in [-0.2, -0.15) is 0 Å². The molecule has 2 aliphatic heterocycles. The molecule has 4 nitrogen and oxygen atoms in total. The predicted octanol–water partition coefficient (Wildman–Crippen LogP) is 21.5. The van der Waals surface area contributed by atoms with Gasteiger partial charge in [0.2, 0.25) is 0 Å². The van der Waals surface area contributed by atoms with Gasteiger partial charge in [-0.1, -0.05) is 97.1 Å². The van der Waals surface area contributed by atoms with Crippen molar-refractivity contribution < 1.29 is 73.1 Å². The summed E-state index contributed by atoms with van der Waals surface area (Å²) in [4.78, 5) is 21.0. The van der Waals surface area contributed by atoms with Crippen LogP contribution in [0.3, 0.4) is 0 Å². The van der Waals surface area contributed by atoms with E-state index < -0.39 is 114 Å². The van der Waals surface area contributed by atoms with Crippen molar-refractivity contribution in [3.05, 3.63) is 264 Å². The van der Waals surface area contributed by atoms with Gasteiger partial charge in [0.05, 0.1) is 22.8 Å². The number of fused-ring (bicyclic) bond motifs is 4. The van der Waals surface area contributed by atoms with E-state index in [0.717, 1.165) is 0 Å². The van der Waals surface area contributed by atoms with E-state index in [1.165, 1.54) is 0 Å². The van der Waals surface area contributed by atoms with Gasteiger partial charge in [-0.05, 0) is 160 Å². The molecule has 14 aromatic rings. The topological polar surface area (TPSA) is 54.0 Å². The summed E-state index contributed by atoms with van der Waals surface area (Å²) in [7, 11) is 0. The number of nitrogens with zero attached hydrogens (tertiary/aromatic N) is 4. The first-order valence-electron chi connectivity index (χ1n) is 28.6. The average molecular weight is 1340 g/mol. The Hall–Kier alpha value is -10.9. The minimum Gasteiger partial charge on any atom is -0.656 e. The van der Waals surface area contributed by atoms with Crippen LogP contribution in [0.1, 0.15) is 0 Å². The number of hydrogen-bond acceptors (Lipinski definition) is 2. The molecule has 93 heavy (non-hydrogen) atoms. The molecule has 0 spiro atoms. The third kappa shape index (κ3) is 8.74. The molecule has 2 aromatic heterocycles. The van der Waals surface area contributed by atoms with Crippen LogP contribution in [0.25, 0.3) is 176 Å². The second-order valence-electron chi connectivity index (χ2n) is 22.7.